The van der Waals surface area contributed by atoms with Gasteiger partial charge in [-0.15, -0.1) is 0 Å². The van der Waals surface area contributed by atoms with Crippen molar-refractivity contribution in [2.75, 3.05) is 0 Å². The highest BCUT2D eigenvalue weighted by molar-refractivity contribution is 5.86. The van der Waals surface area contributed by atoms with E-state index in [4.69, 9.17) is 0 Å². The van der Waals surface area contributed by atoms with Gasteiger partial charge < -0.3 is 4.57 Å². The maximum absolute atomic E-state index is 12.5. The summed E-state index contributed by atoms with van der Waals surface area (Å²) in [6, 6.07) is 17.7. The van der Waals surface area contributed by atoms with Gasteiger partial charge in [0, 0.05) is 18.0 Å². The van der Waals surface area contributed by atoms with E-state index in [2.05, 4.69) is 12.6 Å². The number of hydrogen-bond donors (Lipinski definition) is 0. The molecular formula is C18H15NO. The third kappa shape index (κ3) is 1.86. The summed E-state index contributed by atoms with van der Waals surface area (Å²) >= 11 is 0. The molecule has 0 amide bonds. The van der Waals surface area contributed by atoms with E-state index in [0.29, 0.717) is 0 Å². The lowest BCUT2D eigenvalue weighted by Crippen LogP contribution is -2.18. The molecule has 1 aromatic heterocycles. The lowest BCUT2D eigenvalue weighted by molar-refractivity contribution is 0.883. The molecule has 0 atom stereocenters. The molecule has 0 saturated carbocycles. The van der Waals surface area contributed by atoms with E-state index in [-0.39, 0.29) is 5.56 Å². The first-order chi connectivity index (χ1) is 9.72. The Balaban J connectivity index is 2.40. The molecule has 1 heterocycles. The van der Waals surface area contributed by atoms with E-state index in [1.807, 2.05) is 61.7 Å². The summed E-state index contributed by atoms with van der Waals surface area (Å²) in [6.45, 7) is 3.84. The molecule has 0 aliphatic rings. The largest absolute Gasteiger partial charge is 0.311 e. The van der Waals surface area contributed by atoms with E-state index in [9.17, 15) is 4.79 Å². The summed E-state index contributed by atoms with van der Waals surface area (Å²) in [4.78, 5) is 12.5. The topological polar surface area (TPSA) is 22.0 Å². The van der Waals surface area contributed by atoms with Crippen molar-refractivity contribution in [2.45, 2.75) is 0 Å². The minimum Gasteiger partial charge on any atom is -0.311 e. The molecule has 0 aliphatic carbocycles. The SMILES string of the molecule is C=Cc1ccccc1-c1cc2ccccc2c(=O)n1C. The average molecular weight is 261 g/mol. The van der Waals surface area contributed by atoms with E-state index in [1.54, 1.807) is 4.57 Å². The van der Waals surface area contributed by atoms with Gasteiger partial charge in [-0.3, -0.25) is 4.79 Å². The second-order valence-electron chi connectivity index (χ2n) is 4.77. The van der Waals surface area contributed by atoms with Gasteiger partial charge >= 0.3 is 0 Å². The summed E-state index contributed by atoms with van der Waals surface area (Å²) in [6.07, 6.45) is 1.81. The van der Waals surface area contributed by atoms with Gasteiger partial charge in [0.15, 0.2) is 0 Å². The van der Waals surface area contributed by atoms with Crippen molar-refractivity contribution in [3.63, 3.8) is 0 Å². The third-order valence-corrected chi connectivity index (χ3v) is 3.61. The fourth-order valence-corrected chi connectivity index (χ4v) is 2.52. The molecule has 2 nitrogen and oxygen atoms in total. The molecule has 3 aromatic rings. The predicted molar refractivity (Wildman–Crippen MR) is 84.7 cm³/mol. The zero-order valence-electron chi connectivity index (χ0n) is 11.3. The summed E-state index contributed by atoms with van der Waals surface area (Å²) in [7, 11) is 1.81. The van der Waals surface area contributed by atoms with Gasteiger partial charge in [0.05, 0.1) is 5.69 Å². The Hall–Kier alpha value is -2.61. The van der Waals surface area contributed by atoms with Gasteiger partial charge in [0.2, 0.25) is 0 Å². The van der Waals surface area contributed by atoms with Gasteiger partial charge in [0.25, 0.3) is 5.56 Å². The van der Waals surface area contributed by atoms with Crippen LogP contribution in [0.25, 0.3) is 28.1 Å². The molecule has 0 bridgehead atoms. The molecule has 3 rings (SSSR count). The monoisotopic (exact) mass is 261 g/mol. The van der Waals surface area contributed by atoms with Gasteiger partial charge in [-0.1, -0.05) is 55.1 Å². The van der Waals surface area contributed by atoms with Crippen LogP contribution in [-0.4, -0.2) is 4.57 Å². The molecule has 2 heteroatoms. The van der Waals surface area contributed by atoms with Crippen LogP contribution in [0.4, 0.5) is 0 Å². The minimum absolute atomic E-state index is 0.0250. The third-order valence-electron chi connectivity index (χ3n) is 3.61. The van der Waals surface area contributed by atoms with Gasteiger partial charge in [-0.2, -0.15) is 0 Å². The van der Waals surface area contributed by atoms with Crippen molar-refractivity contribution in [3.8, 4) is 11.3 Å². The van der Waals surface area contributed by atoms with Crippen LogP contribution in [0.1, 0.15) is 5.56 Å². The fourth-order valence-electron chi connectivity index (χ4n) is 2.52. The van der Waals surface area contributed by atoms with Crippen molar-refractivity contribution in [1.29, 1.82) is 0 Å². The van der Waals surface area contributed by atoms with Crippen molar-refractivity contribution in [1.82, 2.24) is 4.57 Å². The van der Waals surface area contributed by atoms with E-state index >= 15 is 0 Å². The summed E-state index contributed by atoms with van der Waals surface area (Å²) in [5.41, 5.74) is 2.98. The van der Waals surface area contributed by atoms with Crippen molar-refractivity contribution >= 4 is 16.8 Å². The van der Waals surface area contributed by atoms with Crippen molar-refractivity contribution in [2.24, 2.45) is 7.05 Å². The lowest BCUT2D eigenvalue weighted by atomic mass is 10.0. The number of rotatable bonds is 2. The van der Waals surface area contributed by atoms with Crippen LogP contribution in [0.3, 0.4) is 0 Å². The standard InChI is InChI=1S/C18H15NO/c1-3-13-8-4-6-10-15(13)17-12-14-9-5-7-11-16(14)18(20)19(17)2/h3-12H,1H2,2H3. The quantitative estimate of drug-likeness (QED) is 0.686. The van der Waals surface area contributed by atoms with Gasteiger partial charge in [-0.05, 0) is 23.1 Å². The Labute approximate surface area is 117 Å². The Bertz CT molecular complexity index is 859. The highest BCUT2D eigenvalue weighted by Crippen LogP contribution is 2.25. The van der Waals surface area contributed by atoms with Crippen LogP contribution in [0.2, 0.25) is 0 Å². The molecule has 20 heavy (non-hydrogen) atoms. The number of nitrogens with zero attached hydrogens (tertiary/aromatic N) is 1. The number of benzene rings is 2. The number of pyridine rings is 1. The Morgan fingerprint density at radius 3 is 2.55 bits per heavy atom. The van der Waals surface area contributed by atoms with Crippen LogP contribution >= 0.6 is 0 Å². The molecular weight excluding hydrogens is 246 g/mol. The first-order valence-corrected chi connectivity index (χ1v) is 6.53. The first kappa shape index (κ1) is 12.4. The van der Waals surface area contributed by atoms with Crippen LogP contribution in [-0.2, 0) is 7.05 Å². The molecule has 0 unspecified atom stereocenters. The molecule has 0 radical (unpaired) electrons. The molecule has 98 valence electrons. The molecule has 0 N–H and O–H groups in total. The van der Waals surface area contributed by atoms with E-state index in [0.717, 1.165) is 27.6 Å². The van der Waals surface area contributed by atoms with Crippen molar-refractivity contribution < 1.29 is 0 Å². The normalized spacial score (nSPS) is 10.7. The highest BCUT2D eigenvalue weighted by atomic mass is 16.1. The average Bonchev–Trinajstić information content (AvgIpc) is 2.51. The van der Waals surface area contributed by atoms with Crippen LogP contribution in [0.15, 0.2) is 66.0 Å². The zero-order chi connectivity index (χ0) is 14.1. The van der Waals surface area contributed by atoms with Crippen LogP contribution in [0.5, 0.6) is 0 Å². The summed E-state index contributed by atoms with van der Waals surface area (Å²) < 4.78 is 1.70. The summed E-state index contributed by atoms with van der Waals surface area (Å²) in [5.74, 6) is 0. The molecule has 2 aromatic carbocycles. The molecule has 0 fully saturated rings. The second kappa shape index (κ2) is 4.82. The lowest BCUT2D eigenvalue weighted by Gasteiger charge is -2.12. The Kier molecular flexibility index (Phi) is 2.99. The number of fused-ring (bicyclic) bond motifs is 1. The van der Waals surface area contributed by atoms with Gasteiger partial charge in [-0.25, -0.2) is 0 Å². The van der Waals surface area contributed by atoms with E-state index in [1.165, 1.54) is 0 Å². The minimum atomic E-state index is 0.0250. The Morgan fingerprint density at radius 2 is 1.75 bits per heavy atom. The molecule has 0 spiro atoms. The fraction of sp³-hybridized carbons (Fsp3) is 0.0556. The van der Waals surface area contributed by atoms with Gasteiger partial charge in [0.1, 0.15) is 0 Å². The second-order valence-corrected chi connectivity index (χ2v) is 4.77. The Morgan fingerprint density at radius 1 is 1.05 bits per heavy atom. The first-order valence-electron chi connectivity index (χ1n) is 6.53. The molecule has 0 aliphatic heterocycles. The van der Waals surface area contributed by atoms with E-state index < -0.39 is 0 Å². The van der Waals surface area contributed by atoms with Crippen LogP contribution < -0.4 is 5.56 Å². The van der Waals surface area contributed by atoms with Crippen molar-refractivity contribution in [3.05, 3.63) is 77.1 Å². The van der Waals surface area contributed by atoms with Crippen LogP contribution in [0, 0.1) is 0 Å². The maximum atomic E-state index is 12.5. The summed E-state index contributed by atoms with van der Waals surface area (Å²) in [5, 5.41) is 1.71. The molecule has 0 saturated heterocycles. The zero-order valence-corrected chi connectivity index (χ0v) is 11.3. The number of hydrogen-bond acceptors (Lipinski definition) is 1. The smallest absolute Gasteiger partial charge is 0.258 e. The number of aromatic nitrogens is 1. The highest BCUT2D eigenvalue weighted by Gasteiger charge is 2.09. The predicted octanol–water partition coefficient (Wildman–Crippen LogP) is 3.85. The maximum Gasteiger partial charge on any atom is 0.258 e.